The maximum Gasteiger partial charge on any atom is 0.434 e. The molecule has 1 N–H and O–H groups in total. The van der Waals surface area contributed by atoms with Crippen LogP contribution in [-0.4, -0.2) is 16.8 Å². The first kappa shape index (κ1) is 18.8. The molecule has 7 heteroatoms. The second kappa shape index (κ2) is 8.39. The molecule has 0 radical (unpaired) electrons. The van der Waals surface area contributed by atoms with Crippen molar-refractivity contribution in [3.8, 4) is 0 Å². The Kier molecular flexibility index (Phi) is 7.50. The van der Waals surface area contributed by atoms with Gasteiger partial charge in [0.05, 0.1) is 4.88 Å². The number of aromatic nitrogens is 1. The zero-order valence-electron chi connectivity index (χ0n) is 12.9. The molecule has 0 aliphatic carbocycles. The van der Waals surface area contributed by atoms with Gasteiger partial charge in [0.25, 0.3) is 0 Å². The Morgan fingerprint density at radius 2 is 1.95 bits per heavy atom. The molecular formula is C14H23F3N2S2. The van der Waals surface area contributed by atoms with E-state index in [1.165, 1.54) is 11.3 Å². The Hall–Kier alpha value is -0.270. The molecular weight excluding hydrogens is 317 g/mol. The molecule has 0 fully saturated rings. The second-order valence-corrected chi connectivity index (χ2v) is 8.03. The lowest BCUT2D eigenvalue weighted by Gasteiger charge is -2.08. The lowest BCUT2D eigenvalue weighted by molar-refractivity contribution is -0.141. The van der Waals surface area contributed by atoms with Crippen LogP contribution < -0.4 is 5.32 Å². The van der Waals surface area contributed by atoms with Crippen molar-refractivity contribution in [1.82, 2.24) is 10.3 Å². The van der Waals surface area contributed by atoms with Crippen LogP contribution in [0, 0.1) is 5.92 Å². The van der Waals surface area contributed by atoms with Crippen molar-refractivity contribution in [1.29, 1.82) is 0 Å². The maximum atomic E-state index is 13.0. The third-order valence-electron chi connectivity index (χ3n) is 2.91. The van der Waals surface area contributed by atoms with Crippen LogP contribution in [0.5, 0.6) is 0 Å². The third kappa shape index (κ3) is 6.57. The number of alkyl halides is 3. The summed E-state index contributed by atoms with van der Waals surface area (Å²) in [5, 5.41) is 4.07. The SMILES string of the molecule is CCC(C)SCc1nc(C(F)(F)F)c(CNCC(C)C)s1. The summed E-state index contributed by atoms with van der Waals surface area (Å²) in [7, 11) is 0. The van der Waals surface area contributed by atoms with E-state index in [2.05, 4.69) is 24.1 Å². The van der Waals surface area contributed by atoms with Gasteiger partial charge in [-0.25, -0.2) is 4.98 Å². The van der Waals surface area contributed by atoms with Gasteiger partial charge >= 0.3 is 6.18 Å². The number of nitrogens with zero attached hydrogens (tertiary/aromatic N) is 1. The van der Waals surface area contributed by atoms with Gasteiger partial charge in [0.15, 0.2) is 5.69 Å². The number of nitrogens with one attached hydrogen (secondary N) is 1. The fourth-order valence-corrected chi connectivity index (χ4v) is 3.63. The van der Waals surface area contributed by atoms with E-state index in [4.69, 9.17) is 0 Å². The van der Waals surface area contributed by atoms with Crippen LogP contribution in [0.4, 0.5) is 13.2 Å². The van der Waals surface area contributed by atoms with Gasteiger partial charge in [-0.3, -0.25) is 0 Å². The molecule has 1 aromatic heterocycles. The molecule has 0 aliphatic rings. The Balaban J connectivity index is 2.76. The van der Waals surface area contributed by atoms with E-state index in [9.17, 15) is 13.2 Å². The van der Waals surface area contributed by atoms with Gasteiger partial charge in [0.2, 0.25) is 0 Å². The minimum atomic E-state index is -4.37. The van der Waals surface area contributed by atoms with Crippen LogP contribution in [0.1, 0.15) is 49.7 Å². The fourth-order valence-electron chi connectivity index (χ4n) is 1.61. The molecule has 1 aromatic rings. The molecule has 0 saturated carbocycles. The topological polar surface area (TPSA) is 24.9 Å². The van der Waals surface area contributed by atoms with Crippen molar-refractivity contribution < 1.29 is 13.2 Å². The van der Waals surface area contributed by atoms with Crippen molar-refractivity contribution in [2.75, 3.05) is 6.54 Å². The predicted octanol–water partition coefficient (Wildman–Crippen LogP) is 4.94. The Morgan fingerprint density at radius 1 is 1.29 bits per heavy atom. The lowest BCUT2D eigenvalue weighted by Crippen LogP contribution is -2.20. The first-order chi connectivity index (χ1) is 9.74. The first-order valence-electron chi connectivity index (χ1n) is 7.12. The zero-order valence-corrected chi connectivity index (χ0v) is 14.5. The summed E-state index contributed by atoms with van der Waals surface area (Å²) < 4.78 is 39.1. The molecule has 1 rings (SSSR count). The van der Waals surface area contributed by atoms with Crippen LogP contribution in [-0.2, 0) is 18.5 Å². The summed E-state index contributed by atoms with van der Waals surface area (Å²) in [6.45, 7) is 9.14. The van der Waals surface area contributed by atoms with Gasteiger partial charge in [-0.15, -0.1) is 11.3 Å². The lowest BCUT2D eigenvalue weighted by atomic mass is 10.2. The molecule has 0 aromatic carbocycles. The highest BCUT2D eigenvalue weighted by atomic mass is 32.2. The highest BCUT2D eigenvalue weighted by Crippen LogP contribution is 2.35. The van der Waals surface area contributed by atoms with Crippen molar-refractivity contribution in [2.45, 2.75) is 57.8 Å². The monoisotopic (exact) mass is 340 g/mol. The molecule has 122 valence electrons. The standard InChI is InChI=1S/C14H23F3N2S2/c1-5-10(4)20-8-12-19-13(14(15,16)17)11(21-12)7-18-6-9(2)3/h9-10,18H,5-8H2,1-4H3. The minimum Gasteiger partial charge on any atom is -0.312 e. The van der Waals surface area contributed by atoms with Gasteiger partial charge in [-0.05, 0) is 18.9 Å². The maximum absolute atomic E-state index is 13.0. The molecule has 0 bridgehead atoms. The quantitative estimate of drug-likeness (QED) is 0.725. The average Bonchev–Trinajstić information content (AvgIpc) is 2.78. The van der Waals surface area contributed by atoms with Crippen molar-refractivity contribution >= 4 is 23.1 Å². The fraction of sp³-hybridized carbons (Fsp3) is 0.786. The van der Waals surface area contributed by atoms with E-state index in [1.807, 2.05) is 13.8 Å². The Labute approximate surface area is 132 Å². The third-order valence-corrected chi connectivity index (χ3v) is 5.50. The van der Waals surface area contributed by atoms with Crippen molar-refractivity contribution in [2.24, 2.45) is 5.92 Å². The second-order valence-electron chi connectivity index (χ2n) is 5.43. The molecule has 1 atom stereocenters. The van der Waals surface area contributed by atoms with Crippen LogP contribution in [0.15, 0.2) is 0 Å². The zero-order chi connectivity index (χ0) is 16.0. The number of hydrogen-bond acceptors (Lipinski definition) is 4. The number of thioether (sulfide) groups is 1. The van der Waals surface area contributed by atoms with Gasteiger partial charge in [-0.1, -0.05) is 27.7 Å². The normalized spacial score (nSPS) is 13.9. The highest BCUT2D eigenvalue weighted by Gasteiger charge is 2.37. The summed E-state index contributed by atoms with van der Waals surface area (Å²) in [6, 6.07) is 0. The molecule has 0 spiro atoms. The largest absolute Gasteiger partial charge is 0.434 e. The molecule has 1 heterocycles. The minimum absolute atomic E-state index is 0.235. The Morgan fingerprint density at radius 3 is 2.48 bits per heavy atom. The van der Waals surface area contributed by atoms with E-state index in [0.29, 0.717) is 33.4 Å². The summed E-state index contributed by atoms with van der Waals surface area (Å²) >= 11 is 2.83. The van der Waals surface area contributed by atoms with Crippen LogP contribution in [0.25, 0.3) is 0 Å². The summed E-state index contributed by atoms with van der Waals surface area (Å²) in [4.78, 5) is 4.11. The van der Waals surface area contributed by atoms with E-state index >= 15 is 0 Å². The molecule has 0 amide bonds. The first-order valence-corrected chi connectivity index (χ1v) is 8.98. The summed E-state index contributed by atoms with van der Waals surface area (Å²) in [5.41, 5.74) is -0.719. The predicted molar refractivity (Wildman–Crippen MR) is 84.7 cm³/mol. The van der Waals surface area contributed by atoms with Gasteiger partial charge in [0, 0.05) is 17.5 Å². The van der Waals surface area contributed by atoms with Crippen LogP contribution >= 0.6 is 23.1 Å². The number of rotatable bonds is 8. The molecule has 2 nitrogen and oxygen atoms in total. The van der Waals surface area contributed by atoms with E-state index < -0.39 is 11.9 Å². The van der Waals surface area contributed by atoms with E-state index in [0.717, 1.165) is 6.42 Å². The molecule has 0 aliphatic heterocycles. The summed E-state index contributed by atoms with van der Waals surface area (Å²) in [5.74, 6) is 0.958. The smallest absolute Gasteiger partial charge is 0.312 e. The van der Waals surface area contributed by atoms with Gasteiger partial charge in [0.1, 0.15) is 5.01 Å². The molecule has 1 unspecified atom stereocenters. The number of halogens is 3. The van der Waals surface area contributed by atoms with Crippen LogP contribution in [0.2, 0.25) is 0 Å². The highest BCUT2D eigenvalue weighted by molar-refractivity contribution is 7.99. The van der Waals surface area contributed by atoms with Crippen molar-refractivity contribution in [3.63, 3.8) is 0 Å². The molecule has 21 heavy (non-hydrogen) atoms. The average molecular weight is 340 g/mol. The summed E-state index contributed by atoms with van der Waals surface area (Å²) in [6.07, 6.45) is -3.37. The number of thiazole rings is 1. The van der Waals surface area contributed by atoms with Gasteiger partial charge in [-0.2, -0.15) is 24.9 Å². The number of hydrogen-bond donors (Lipinski definition) is 1. The van der Waals surface area contributed by atoms with E-state index in [1.54, 1.807) is 11.8 Å². The van der Waals surface area contributed by atoms with Crippen molar-refractivity contribution in [3.05, 3.63) is 15.6 Å². The van der Waals surface area contributed by atoms with Gasteiger partial charge < -0.3 is 5.32 Å². The van der Waals surface area contributed by atoms with Crippen LogP contribution in [0.3, 0.4) is 0 Å². The van der Waals surface area contributed by atoms with E-state index in [-0.39, 0.29) is 6.54 Å². The molecule has 0 saturated heterocycles. The Bertz CT molecular complexity index is 430.